The van der Waals surface area contributed by atoms with E-state index in [1.165, 1.54) is 12.3 Å². The van der Waals surface area contributed by atoms with Gasteiger partial charge in [-0.3, -0.25) is 0 Å². The van der Waals surface area contributed by atoms with Crippen molar-refractivity contribution in [2.24, 2.45) is 0 Å². The Hall–Kier alpha value is -2.44. The van der Waals surface area contributed by atoms with Crippen LogP contribution in [-0.4, -0.2) is 18.4 Å². The Kier molecular flexibility index (Phi) is 4.04. The molecule has 2 heterocycles. The van der Waals surface area contributed by atoms with Crippen molar-refractivity contribution >= 4 is 10.0 Å². The fourth-order valence-corrected chi connectivity index (χ4v) is 3.35. The summed E-state index contributed by atoms with van der Waals surface area (Å²) in [5, 5.41) is 0.00230. The van der Waals surface area contributed by atoms with E-state index in [9.17, 15) is 8.42 Å². The van der Waals surface area contributed by atoms with Gasteiger partial charge in [0.25, 0.3) is 10.0 Å². The van der Waals surface area contributed by atoms with Gasteiger partial charge >= 0.3 is 0 Å². The van der Waals surface area contributed by atoms with Crippen LogP contribution in [0.2, 0.25) is 0 Å². The fourth-order valence-electron chi connectivity index (χ4n) is 2.20. The molecule has 3 aromatic rings. The molecule has 2 aromatic heterocycles. The first-order valence-electron chi connectivity index (χ1n) is 6.78. The van der Waals surface area contributed by atoms with Crippen molar-refractivity contribution in [2.75, 3.05) is 0 Å². The largest absolute Gasteiger partial charge is 0.363 e. The zero-order valence-corrected chi connectivity index (χ0v) is 12.5. The number of rotatable bonds is 5. The van der Waals surface area contributed by atoms with Crippen LogP contribution in [0.15, 0.2) is 78.1 Å². The Morgan fingerprint density at radius 2 is 1.73 bits per heavy atom. The summed E-state index contributed by atoms with van der Waals surface area (Å²) >= 11 is 0. The number of benzene rings is 1. The molecule has 6 heteroatoms. The topological polar surface area (TPSA) is 74.8 Å². The van der Waals surface area contributed by atoms with Crippen molar-refractivity contribution in [3.63, 3.8) is 0 Å². The van der Waals surface area contributed by atoms with Crippen LogP contribution in [0.1, 0.15) is 17.3 Å². The van der Waals surface area contributed by atoms with Crippen molar-refractivity contribution < 1.29 is 8.42 Å². The summed E-state index contributed by atoms with van der Waals surface area (Å²) in [5.74, 6) is 0. The molecule has 1 unspecified atom stereocenters. The van der Waals surface area contributed by atoms with E-state index >= 15 is 0 Å². The molecule has 0 aliphatic heterocycles. The van der Waals surface area contributed by atoms with E-state index in [1.54, 1.807) is 18.3 Å². The number of aromatic nitrogens is 2. The zero-order chi connectivity index (χ0) is 15.4. The normalized spacial score (nSPS) is 12.9. The van der Waals surface area contributed by atoms with Gasteiger partial charge in [0.2, 0.25) is 0 Å². The monoisotopic (exact) mass is 313 g/mol. The van der Waals surface area contributed by atoms with Gasteiger partial charge in [-0.25, -0.2) is 13.4 Å². The van der Waals surface area contributed by atoms with Crippen LogP contribution in [0.4, 0.5) is 0 Å². The highest BCUT2D eigenvalue weighted by Gasteiger charge is 2.24. The highest BCUT2D eigenvalue weighted by Crippen LogP contribution is 2.22. The van der Waals surface area contributed by atoms with Gasteiger partial charge in [-0.1, -0.05) is 36.4 Å². The third kappa shape index (κ3) is 3.08. The van der Waals surface area contributed by atoms with Crippen molar-refractivity contribution in [3.05, 3.63) is 84.3 Å². The lowest BCUT2D eigenvalue weighted by Crippen LogP contribution is -2.30. The number of hydrogen-bond acceptors (Lipinski definition) is 3. The molecule has 0 spiro atoms. The van der Waals surface area contributed by atoms with Crippen LogP contribution in [0, 0.1) is 0 Å². The van der Waals surface area contributed by atoms with E-state index < -0.39 is 16.1 Å². The van der Waals surface area contributed by atoms with Crippen LogP contribution >= 0.6 is 0 Å². The van der Waals surface area contributed by atoms with E-state index in [2.05, 4.69) is 14.7 Å². The van der Waals surface area contributed by atoms with Gasteiger partial charge in [0.15, 0.2) is 5.03 Å². The minimum atomic E-state index is -3.71. The van der Waals surface area contributed by atoms with Crippen LogP contribution in [0.3, 0.4) is 0 Å². The van der Waals surface area contributed by atoms with Crippen LogP contribution < -0.4 is 4.72 Å². The predicted octanol–water partition coefficient (Wildman–Crippen LogP) is 2.48. The van der Waals surface area contributed by atoms with Crippen molar-refractivity contribution in [1.29, 1.82) is 0 Å². The number of H-pyrrole nitrogens is 1. The summed E-state index contributed by atoms with van der Waals surface area (Å²) in [6.07, 6.45) is 3.22. The highest BCUT2D eigenvalue weighted by molar-refractivity contribution is 7.89. The van der Waals surface area contributed by atoms with Gasteiger partial charge in [0.05, 0.1) is 6.04 Å². The van der Waals surface area contributed by atoms with E-state index in [1.807, 2.05) is 42.5 Å². The Labute approximate surface area is 129 Å². The van der Waals surface area contributed by atoms with Gasteiger partial charge in [-0.05, 0) is 29.8 Å². The van der Waals surface area contributed by atoms with Gasteiger partial charge in [-0.15, -0.1) is 0 Å². The molecule has 5 nitrogen and oxygen atoms in total. The maximum absolute atomic E-state index is 12.5. The molecule has 22 heavy (non-hydrogen) atoms. The molecule has 0 aliphatic carbocycles. The van der Waals surface area contributed by atoms with Gasteiger partial charge in [0.1, 0.15) is 0 Å². The molecule has 1 aromatic carbocycles. The molecule has 0 amide bonds. The second-order valence-corrected chi connectivity index (χ2v) is 6.42. The number of nitrogens with one attached hydrogen (secondary N) is 2. The Bertz CT molecular complexity index is 816. The lowest BCUT2D eigenvalue weighted by Gasteiger charge is -2.18. The predicted molar refractivity (Wildman–Crippen MR) is 83.6 cm³/mol. The second-order valence-electron chi connectivity index (χ2n) is 4.76. The molecule has 0 radical (unpaired) electrons. The fraction of sp³-hybridized carbons (Fsp3) is 0.0625. The van der Waals surface area contributed by atoms with E-state index in [4.69, 9.17) is 0 Å². The standard InChI is InChI=1S/C16H15N3O2S/c20-22(21,15-10-4-5-11-18-15)19-16(14-9-6-12-17-14)13-7-2-1-3-8-13/h1-12,16-17,19H. The van der Waals surface area contributed by atoms with Gasteiger partial charge in [-0.2, -0.15) is 4.72 Å². The number of nitrogens with zero attached hydrogens (tertiary/aromatic N) is 1. The zero-order valence-electron chi connectivity index (χ0n) is 11.7. The third-order valence-electron chi connectivity index (χ3n) is 3.25. The third-order valence-corrected chi connectivity index (χ3v) is 4.59. The van der Waals surface area contributed by atoms with Crippen molar-refractivity contribution in [2.45, 2.75) is 11.1 Å². The molecule has 2 N–H and O–H groups in total. The highest BCUT2D eigenvalue weighted by atomic mass is 32.2. The Morgan fingerprint density at radius 1 is 0.955 bits per heavy atom. The van der Waals surface area contributed by atoms with Gasteiger partial charge in [0, 0.05) is 18.1 Å². The van der Waals surface area contributed by atoms with Crippen LogP contribution in [-0.2, 0) is 10.0 Å². The second kappa shape index (κ2) is 6.13. The summed E-state index contributed by atoms with van der Waals surface area (Å²) in [7, 11) is -3.71. The lowest BCUT2D eigenvalue weighted by molar-refractivity contribution is 0.566. The maximum atomic E-state index is 12.5. The molecule has 0 aliphatic rings. The quantitative estimate of drug-likeness (QED) is 0.760. The number of pyridine rings is 1. The Balaban J connectivity index is 1.98. The maximum Gasteiger partial charge on any atom is 0.258 e. The molecule has 3 rings (SSSR count). The molecule has 0 saturated carbocycles. The first kappa shape index (κ1) is 14.5. The SMILES string of the molecule is O=S(=O)(NC(c1ccccc1)c1ccc[nH]1)c1ccccn1. The average Bonchev–Trinajstić information content (AvgIpc) is 3.09. The molecule has 0 saturated heterocycles. The minimum Gasteiger partial charge on any atom is -0.363 e. The van der Waals surface area contributed by atoms with Crippen molar-refractivity contribution in [1.82, 2.24) is 14.7 Å². The lowest BCUT2D eigenvalue weighted by atomic mass is 10.1. The number of aromatic amines is 1. The summed E-state index contributed by atoms with van der Waals surface area (Å²) in [6.45, 7) is 0. The first-order chi connectivity index (χ1) is 10.7. The smallest absolute Gasteiger partial charge is 0.258 e. The molecule has 0 fully saturated rings. The Morgan fingerprint density at radius 3 is 2.36 bits per heavy atom. The number of sulfonamides is 1. The first-order valence-corrected chi connectivity index (χ1v) is 8.27. The van der Waals surface area contributed by atoms with Crippen LogP contribution in [0.25, 0.3) is 0 Å². The summed E-state index contributed by atoms with van der Waals surface area (Å²) in [6, 6.07) is 17.4. The minimum absolute atomic E-state index is 0.00230. The molecular weight excluding hydrogens is 298 g/mol. The summed E-state index contributed by atoms with van der Waals surface area (Å²) in [5.41, 5.74) is 1.62. The summed E-state index contributed by atoms with van der Waals surface area (Å²) in [4.78, 5) is 6.98. The number of hydrogen-bond donors (Lipinski definition) is 2. The van der Waals surface area contributed by atoms with E-state index in [-0.39, 0.29) is 5.03 Å². The molecule has 0 bridgehead atoms. The van der Waals surface area contributed by atoms with Gasteiger partial charge < -0.3 is 4.98 Å². The van der Waals surface area contributed by atoms with E-state index in [0.717, 1.165) is 11.3 Å². The molecular formula is C16H15N3O2S. The average molecular weight is 313 g/mol. The van der Waals surface area contributed by atoms with E-state index in [0.29, 0.717) is 0 Å². The van der Waals surface area contributed by atoms with Crippen molar-refractivity contribution in [3.8, 4) is 0 Å². The summed E-state index contributed by atoms with van der Waals surface area (Å²) < 4.78 is 27.8. The molecule has 1 atom stereocenters. The van der Waals surface area contributed by atoms with Crippen LogP contribution in [0.5, 0.6) is 0 Å². The molecule has 112 valence electrons.